The van der Waals surface area contributed by atoms with E-state index in [0.717, 1.165) is 10.7 Å². The first-order valence-corrected chi connectivity index (χ1v) is 7.24. The topological polar surface area (TPSA) is 39.1 Å². The van der Waals surface area contributed by atoms with Crippen LogP contribution < -0.4 is 5.32 Å². The van der Waals surface area contributed by atoms with Crippen molar-refractivity contribution in [3.05, 3.63) is 40.6 Å². The normalized spacial score (nSPS) is 13.5. The molecule has 0 aromatic carbocycles. The molecule has 2 aromatic heterocycles. The van der Waals surface area contributed by atoms with Crippen molar-refractivity contribution < 1.29 is 17.9 Å². The van der Waals surface area contributed by atoms with Gasteiger partial charge < -0.3 is 14.6 Å². The summed E-state index contributed by atoms with van der Waals surface area (Å²) in [6.45, 7) is -0.919. The maximum Gasteiger partial charge on any atom is 0.411 e. The second-order valence-corrected chi connectivity index (χ2v) is 5.45. The Balaban J connectivity index is 1.91. The van der Waals surface area contributed by atoms with Gasteiger partial charge in [0, 0.05) is 30.9 Å². The molecule has 0 aliphatic rings. The van der Waals surface area contributed by atoms with Gasteiger partial charge in [-0.2, -0.15) is 13.2 Å². The van der Waals surface area contributed by atoms with Gasteiger partial charge in [-0.3, -0.25) is 0 Å². The highest BCUT2D eigenvalue weighted by molar-refractivity contribution is 7.10. The number of ether oxygens (including phenoxy) is 1. The lowest BCUT2D eigenvalue weighted by Gasteiger charge is -2.17. The van der Waals surface area contributed by atoms with Crippen molar-refractivity contribution in [1.82, 2.24) is 14.9 Å². The van der Waals surface area contributed by atoms with E-state index < -0.39 is 12.8 Å². The van der Waals surface area contributed by atoms with Gasteiger partial charge in [0.25, 0.3) is 0 Å². The highest BCUT2D eigenvalue weighted by atomic mass is 32.1. The predicted molar refractivity (Wildman–Crippen MR) is 74.2 cm³/mol. The first kappa shape index (κ1) is 16.0. The molecule has 0 fully saturated rings. The maximum absolute atomic E-state index is 12.0. The Morgan fingerprint density at radius 3 is 2.86 bits per heavy atom. The molecule has 0 amide bonds. The lowest BCUT2D eigenvalue weighted by atomic mass is 10.2. The molecule has 4 nitrogen and oxygen atoms in total. The molecule has 0 saturated heterocycles. The van der Waals surface area contributed by atoms with Crippen molar-refractivity contribution in [2.24, 2.45) is 7.05 Å². The van der Waals surface area contributed by atoms with Crippen LogP contribution in [0.15, 0.2) is 29.9 Å². The number of aromatic nitrogens is 2. The van der Waals surface area contributed by atoms with Crippen LogP contribution in [0.3, 0.4) is 0 Å². The van der Waals surface area contributed by atoms with Crippen molar-refractivity contribution in [3.63, 3.8) is 0 Å². The second-order valence-electron chi connectivity index (χ2n) is 4.47. The largest absolute Gasteiger partial charge is 0.411 e. The summed E-state index contributed by atoms with van der Waals surface area (Å²) in [7, 11) is 1.88. The minimum absolute atomic E-state index is 0.00813. The molecule has 8 heteroatoms. The van der Waals surface area contributed by atoms with Crippen LogP contribution in [0.5, 0.6) is 0 Å². The Hall–Kier alpha value is -1.38. The van der Waals surface area contributed by atoms with E-state index in [1.807, 2.05) is 35.3 Å². The fourth-order valence-electron chi connectivity index (χ4n) is 1.89. The van der Waals surface area contributed by atoms with E-state index in [9.17, 15) is 13.2 Å². The maximum atomic E-state index is 12.0. The summed E-state index contributed by atoms with van der Waals surface area (Å²) in [5.74, 6) is 0.813. The van der Waals surface area contributed by atoms with Crippen molar-refractivity contribution >= 4 is 11.3 Å². The fraction of sp³-hybridized carbons (Fsp3) is 0.462. The number of nitrogens with one attached hydrogen (secondary N) is 1. The second kappa shape index (κ2) is 7.06. The number of nitrogens with zero attached hydrogens (tertiary/aromatic N) is 2. The van der Waals surface area contributed by atoms with E-state index in [1.165, 1.54) is 0 Å². The zero-order chi connectivity index (χ0) is 15.3. The first-order chi connectivity index (χ1) is 9.97. The molecule has 0 aliphatic heterocycles. The lowest BCUT2D eigenvalue weighted by molar-refractivity contribution is -0.173. The third-order valence-corrected chi connectivity index (χ3v) is 3.74. The number of imidazole rings is 1. The molecule has 0 spiro atoms. The third kappa shape index (κ3) is 4.83. The summed E-state index contributed by atoms with van der Waals surface area (Å²) in [6, 6.07) is 3.74. The standard InChI is InChI=1S/C13H16F3N3OS/c1-19-6-4-18-12(19)11(10-3-2-8-21-10)17-5-7-20-9-13(14,15)16/h2-4,6,8,11,17H,5,7,9H2,1H3. The number of halogens is 3. The van der Waals surface area contributed by atoms with Crippen LogP contribution in [0.25, 0.3) is 0 Å². The summed E-state index contributed by atoms with van der Waals surface area (Å²) in [5, 5.41) is 5.14. The molecule has 116 valence electrons. The highest BCUT2D eigenvalue weighted by Crippen LogP contribution is 2.24. The zero-order valence-electron chi connectivity index (χ0n) is 11.4. The number of hydrogen-bond donors (Lipinski definition) is 1. The van der Waals surface area contributed by atoms with Crippen LogP contribution in [0.2, 0.25) is 0 Å². The Bertz CT molecular complexity index is 539. The van der Waals surface area contributed by atoms with Gasteiger partial charge in [0.05, 0.1) is 6.61 Å². The third-order valence-electron chi connectivity index (χ3n) is 2.80. The summed E-state index contributed by atoms with van der Waals surface area (Å²) < 4.78 is 42.4. The molecule has 0 radical (unpaired) electrons. The molecule has 21 heavy (non-hydrogen) atoms. The Morgan fingerprint density at radius 2 is 2.29 bits per heavy atom. The van der Waals surface area contributed by atoms with Gasteiger partial charge in [-0.1, -0.05) is 6.07 Å². The molecular weight excluding hydrogens is 303 g/mol. The Kier molecular flexibility index (Phi) is 5.38. The van der Waals surface area contributed by atoms with Gasteiger partial charge in [-0.05, 0) is 11.4 Å². The van der Waals surface area contributed by atoms with Crippen molar-refractivity contribution in [2.45, 2.75) is 12.2 Å². The van der Waals surface area contributed by atoms with Crippen LogP contribution in [0.4, 0.5) is 13.2 Å². The molecule has 0 saturated carbocycles. The summed E-state index contributed by atoms with van der Waals surface area (Å²) in [4.78, 5) is 5.35. The van der Waals surface area contributed by atoms with Crippen molar-refractivity contribution in [1.29, 1.82) is 0 Å². The number of thiophene rings is 1. The molecule has 2 heterocycles. The molecule has 1 atom stereocenters. The first-order valence-electron chi connectivity index (χ1n) is 6.36. The van der Waals surface area contributed by atoms with Crippen LogP contribution in [-0.2, 0) is 11.8 Å². The molecule has 0 bridgehead atoms. The van der Waals surface area contributed by atoms with Gasteiger partial charge in [0.2, 0.25) is 0 Å². The Morgan fingerprint density at radius 1 is 1.48 bits per heavy atom. The Labute approximate surface area is 124 Å². The zero-order valence-corrected chi connectivity index (χ0v) is 12.2. The molecular formula is C13H16F3N3OS. The summed E-state index contributed by atoms with van der Waals surface area (Å²) >= 11 is 1.57. The number of alkyl halides is 3. The summed E-state index contributed by atoms with van der Waals surface area (Å²) in [5.41, 5.74) is 0. The van der Waals surface area contributed by atoms with Crippen LogP contribution in [0.1, 0.15) is 16.7 Å². The summed E-state index contributed by atoms with van der Waals surface area (Å²) in [6.07, 6.45) is -0.762. The van der Waals surface area contributed by atoms with Crippen LogP contribution in [-0.4, -0.2) is 35.5 Å². The lowest BCUT2D eigenvalue weighted by Crippen LogP contribution is -2.29. The van der Waals surface area contributed by atoms with E-state index in [1.54, 1.807) is 17.5 Å². The molecule has 1 unspecified atom stereocenters. The van der Waals surface area contributed by atoms with E-state index in [0.29, 0.717) is 6.54 Å². The molecule has 2 rings (SSSR count). The van der Waals surface area contributed by atoms with Gasteiger partial charge >= 0.3 is 6.18 Å². The number of aryl methyl sites for hydroxylation is 1. The van der Waals surface area contributed by atoms with E-state index >= 15 is 0 Å². The van der Waals surface area contributed by atoms with E-state index in [2.05, 4.69) is 15.0 Å². The minimum Gasteiger partial charge on any atom is -0.371 e. The van der Waals surface area contributed by atoms with E-state index in [4.69, 9.17) is 0 Å². The molecule has 2 aromatic rings. The quantitative estimate of drug-likeness (QED) is 0.798. The monoisotopic (exact) mass is 319 g/mol. The smallest absolute Gasteiger partial charge is 0.371 e. The molecule has 0 aliphatic carbocycles. The van der Waals surface area contributed by atoms with Gasteiger partial charge in [-0.25, -0.2) is 4.98 Å². The van der Waals surface area contributed by atoms with E-state index in [-0.39, 0.29) is 12.6 Å². The number of hydrogen-bond acceptors (Lipinski definition) is 4. The van der Waals surface area contributed by atoms with Gasteiger partial charge in [0.1, 0.15) is 18.5 Å². The average Bonchev–Trinajstić information content (AvgIpc) is 3.04. The van der Waals surface area contributed by atoms with Gasteiger partial charge in [0.15, 0.2) is 0 Å². The average molecular weight is 319 g/mol. The van der Waals surface area contributed by atoms with Crippen LogP contribution >= 0.6 is 11.3 Å². The van der Waals surface area contributed by atoms with Crippen molar-refractivity contribution in [3.8, 4) is 0 Å². The van der Waals surface area contributed by atoms with Crippen molar-refractivity contribution in [2.75, 3.05) is 19.8 Å². The minimum atomic E-state index is -4.28. The SMILES string of the molecule is Cn1ccnc1C(NCCOCC(F)(F)F)c1cccs1. The number of rotatable bonds is 7. The fourth-order valence-corrected chi connectivity index (χ4v) is 2.69. The highest BCUT2D eigenvalue weighted by Gasteiger charge is 2.27. The molecule has 1 N–H and O–H groups in total. The van der Waals surface area contributed by atoms with Gasteiger partial charge in [-0.15, -0.1) is 11.3 Å². The van der Waals surface area contributed by atoms with Crippen LogP contribution in [0, 0.1) is 0 Å². The predicted octanol–water partition coefficient (Wildman–Crippen LogP) is 2.74.